The SMILES string of the molecule is [F-].[F-].[F-].[Li+].[Li+].[Li+]. The van der Waals surface area contributed by atoms with Gasteiger partial charge >= 0.3 is 56.6 Å². The Morgan fingerprint density at radius 3 is 0.333 bits per heavy atom. The van der Waals surface area contributed by atoms with Gasteiger partial charge in [0, 0.05) is 0 Å². The monoisotopic (exact) mass is 78.0 g/mol. The summed E-state index contributed by atoms with van der Waals surface area (Å²) in [6.45, 7) is 0. The Labute approximate surface area is 70.4 Å². The van der Waals surface area contributed by atoms with E-state index in [-0.39, 0.29) is 70.7 Å². The largest absolute Gasteiger partial charge is 1.00 e. The first-order valence-corrected chi connectivity index (χ1v) is 0. The fourth-order valence-corrected chi connectivity index (χ4v) is 0. The number of rotatable bonds is 0. The van der Waals surface area contributed by atoms with Crippen molar-refractivity contribution in [3.05, 3.63) is 0 Å². The second-order valence-electron chi connectivity index (χ2n) is 0. The van der Waals surface area contributed by atoms with Crippen molar-refractivity contribution in [3.8, 4) is 0 Å². The molecule has 0 aliphatic heterocycles. The smallest absolute Gasteiger partial charge is 1.00 e. The molecule has 0 fully saturated rings. The number of hydrogen-bond donors (Lipinski definition) is 0. The van der Waals surface area contributed by atoms with E-state index in [1.54, 1.807) is 0 Å². The van der Waals surface area contributed by atoms with E-state index in [1.807, 2.05) is 0 Å². The molecule has 0 saturated heterocycles. The number of halogens is 3. The van der Waals surface area contributed by atoms with Gasteiger partial charge in [-0.2, -0.15) is 0 Å². The Balaban J connectivity index is 0. The van der Waals surface area contributed by atoms with Gasteiger partial charge in [0.1, 0.15) is 0 Å². The van der Waals surface area contributed by atoms with Gasteiger partial charge in [0.25, 0.3) is 0 Å². The van der Waals surface area contributed by atoms with Crippen LogP contribution in [0, 0.1) is 0 Å². The van der Waals surface area contributed by atoms with E-state index in [1.165, 1.54) is 0 Å². The first-order valence-electron chi connectivity index (χ1n) is 0. The first kappa shape index (κ1) is 131. The third-order valence-corrected chi connectivity index (χ3v) is 0. The topological polar surface area (TPSA) is 0 Å². The zero-order valence-electron chi connectivity index (χ0n) is 4.13. The van der Waals surface area contributed by atoms with Crippen molar-refractivity contribution in [2.45, 2.75) is 0 Å². The van der Waals surface area contributed by atoms with Crippen LogP contribution < -0.4 is 70.7 Å². The van der Waals surface area contributed by atoms with E-state index in [9.17, 15) is 0 Å². The Morgan fingerprint density at radius 1 is 0.333 bits per heavy atom. The van der Waals surface area contributed by atoms with E-state index in [0.717, 1.165) is 0 Å². The minimum atomic E-state index is 0. The van der Waals surface area contributed by atoms with Crippen molar-refractivity contribution in [2.75, 3.05) is 0 Å². The Hall–Kier alpha value is 1.58. The van der Waals surface area contributed by atoms with E-state index < -0.39 is 0 Å². The molecule has 0 aliphatic carbocycles. The molecule has 0 aromatic rings. The summed E-state index contributed by atoms with van der Waals surface area (Å²) in [5, 5.41) is 0. The molecule has 0 radical (unpaired) electrons. The van der Waals surface area contributed by atoms with Crippen molar-refractivity contribution < 1.29 is 70.7 Å². The van der Waals surface area contributed by atoms with Crippen molar-refractivity contribution in [3.63, 3.8) is 0 Å². The Bertz CT molecular complexity index is 6.00. The summed E-state index contributed by atoms with van der Waals surface area (Å²) in [7, 11) is 0. The van der Waals surface area contributed by atoms with Crippen LogP contribution in [0.5, 0.6) is 0 Å². The normalized spacial score (nSPS) is 0. The molecule has 0 rings (SSSR count). The standard InChI is InChI=1S/3FH.3Li/h3*1H;;;/q;;;3*+1/p-3. The van der Waals surface area contributed by atoms with Gasteiger partial charge in [-0.05, 0) is 0 Å². The Morgan fingerprint density at radius 2 is 0.333 bits per heavy atom. The minimum absolute atomic E-state index is 0. The molecular formula is F3Li3. The molecule has 0 aliphatic rings. The predicted octanol–water partition coefficient (Wildman–Crippen LogP) is -18.0. The second kappa shape index (κ2) is 81.9. The first-order chi connectivity index (χ1) is 0. The maximum Gasteiger partial charge on any atom is 1.00 e. The second-order valence-corrected chi connectivity index (χ2v) is 0. The van der Waals surface area contributed by atoms with Crippen LogP contribution in [0.1, 0.15) is 0 Å². The zero-order valence-corrected chi connectivity index (χ0v) is 4.13. The molecule has 0 aromatic carbocycles. The molecular weight excluding hydrogens is 77.8 g/mol. The maximum absolute atomic E-state index is 0. The average molecular weight is 77.8 g/mol. The van der Waals surface area contributed by atoms with Crippen LogP contribution in [0.25, 0.3) is 0 Å². The number of hydrogen-bond acceptors (Lipinski definition) is 0. The molecule has 0 heterocycles. The average Bonchev–Trinajstić information content (AvgIpc) is 0. The quantitative estimate of drug-likeness (QED) is 0.252. The predicted molar refractivity (Wildman–Crippen MR) is 0 cm³/mol. The molecule has 0 spiro atoms. The van der Waals surface area contributed by atoms with Gasteiger partial charge in [-0.1, -0.05) is 0 Å². The molecule has 0 nitrogen and oxygen atoms in total. The Kier molecular flexibility index (Phi) is 1790. The summed E-state index contributed by atoms with van der Waals surface area (Å²) in [6.07, 6.45) is 0. The molecule has 0 unspecified atom stereocenters. The maximum atomic E-state index is 0. The van der Waals surface area contributed by atoms with Crippen LogP contribution in [0.2, 0.25) is 0 Å². The fourth-order valence-electron chi connectivity index (χ4n) is 0. The summed E-state index contributed by atoms with van der Waals surface area (Å²) in [5.74, 6) is 0. The molecule has 0 bridgehead atoms. The fraction of sp³-hybridized carbons (Fsp3) is 0. The van der Waals surface area contributed by atoms with Crippen LogP contribution in [0.15, 0.2) is 0 Å². The third-order valence-electron chi connectivity index (χ3n) is 0. The summed E-state index contributed by atoms with van der Waals surface area (Å²) in [5.41, 5.74) is 0. The van der Waals surface area contributed by atoms with Gasteiger partial charge in [0.2, 0.25) is 0 Å². The molecule has 6 heavy (non-hydrogen) atoms. The minimum Gasteiger partial charge on any atom is -1.00 e. The summed E-state index contributed by atoms with van der Waals surface area (Å²) < 4.78 is 0. The van der Waals surface area contributed by atoms with Crippen LogP contribution >= 0.6 is 0 Å². The summed E-state index contributed by atoms with van der Waals surface area (Å²) in [6, 6.07) is 0. The van der Waals surface area contributed by atoms with Gasteiger partial charge in [-0.15, -0.1) is 0 Å². The van der Waals surface area contributed by atoms with Crippen molar-refractivity contribution in [2.24, 2.45) is 0 Å². The van der Waals surface area contributed by atoms with E-state index in [0.29, 0.717) is 0 Å². The molecule has 6 heteroatoms. The molecule has 0 amide bonds. The van der Waals surface area contributed by atoms with Crippen LogP contribution in [-0.4, -0.2) is 0 Å². The van der Waals surface area contributed by atoms with Crippen molar-refractivity contribution in [1.29, 1.82) is 0 Å². The summed E-state index contributed by atoms with van der Waals surface area (Å²) in [4.78, 5) is 0. The van der Waals surface area contributed by atoms with Gasteiger partial charge in [0.15, 0.2) is 0 Å². The molecule has 0 N–H and O–H groups in total. The van der Waals surface area contributed by atoms with E-state index in [2.05, 4.69) is 0 Å². The van der Waals surface area contributed by atoms with Gasteiger partial charge in [-0.25, -0.2) is 0 Å². The van der Waals surface area contributed by atoms with Gasteiger partial charge in [0.05, 0.1) is 0 Å². The van der Waals surface area contributed by atoms with Crippen LogP contribution in [0.4, 0.5) is 0 Å². The van der Waals surface area contributed by atoms with Gasteiger partial charge in [-0.3, -0.25) is 0 Å². The van der Waals surface area contributed by atoms with Crippen LogP contribution in [-0.2, 0) is 0 Å². The molecule has 0 saturated carbocycles. The van der Waals surface area contributed by atoms with Crippen molar-refractivity contribution >= 4 is 0 Å². The molecule has 24 valence electrons. The molecule has 0 atom stereocenters. The molecule has 0 aromatic heterocycles. The van der Waals surface area contributed by atoms with Crippen molar-refractivity contribution in [1.82, 2.24) is 0 Å². The van der Waals surface area contributed by atoms with E-state index >= 15 is 0 Å². The summed E-state index contributed by atoms with van der Waals surface area (Å²) >= 11 is 0. The zero-order chi connectivity index (χ0) is 0. The third kappa shape index (κ3) is 46.8. The van der Waals surface area contributed by atoms with Crippen LogP contribution in [0.3, 0.4) is 0 Å². The van der Waals surface area contributed by atoms with E-state index in [4.69, 9.17) is 0 Å². The van der Waals surface area contributed by atoms with Gasteiger partial charge < -0.3 is 14.1 Å².